The van der Waals surface area contributed by atoms with E-state index in [-0.39, 0.29) is 17.1 Å². The number of hydrogen-bond acceptors (Lipinski definition) is 3. The average molecular weight is 299 g/mol. The van der Waals surface area contributed by atoms with Crippen molar-refractivity contribution in [3.05, 3.63) is 69.8 Å². The molecule has 1 aliphatic rings. The minimum atomic E-state index is -0.266. The van der Waals surface area contributed by atoms with Crippen LogP contribution in [0, 0.1) is 0 Å². The maximum Gasteiger partial charge on any atom is 0.197 e. The molecule has 0 spiro atoms. The van der Waals surface area contributed by atoms with E-state index >= 15 is 0 Å². The third-order valence-corrected chi connectivity index (χ3v) is 3.63. The molecule has 2 aromatic carbocycles. The second kappa shape index (κ2) is 5.19. The highest BCUT2D eigenvalue weighted by molar-refractivity contribution is 6.41. The Kier molecular flexibility index (Phi) is 3.35. The van der Waals surface area contributed by atoms with E-state index in [2.05, 4.69) is 0 Å². The molecule has 0 amide bonds. The number of benzene rings is 2. The second-order valence-corrected chi connectivity index (χ2v) is 5.08. The highest BCUT2D eigenvalue weighted by Gasteiger charge is 2.32. The number of carbonyl (C=O) groups excluding carboxylic acids is 2. The summed E-state index contributed by atoms with van der Waals surface area (Å²) in [5.41, 5.74) is 1.62. The molecular weight excluding hydrogens is 288 g/mol. The normalized spacial score (nSPS) is 13.3. The maximum atomic E-state index is 12.3. The van der Waals surface area contributed by atoms with E-state index < -0.39 is 0 Å². The van der Waals surface area contributed by atoms with Crippen LogP contribution in [0.15, 0.2) is 48.0 Å². The molecule has 0 saturated carbocycles. The molecule has 0 fully saturated rings. The lowest BCUT2D eigenvalue weighted by molar-refractivity contribution is 0.0990. The number of carbonyl (C=O) groups is 2. The Labute approximate surface area is 126 Å². The fraction of sp³-hybridized carbons (Fsp3) is 0.0588. The van der Waals surface area contributed by atoms with Gasteiger partial charge in [-0.25, -0.2) is 0 Å². The van der Waals surface area contributed by atoms with Crippen molar-refractivity contribution in [2.45, 2.75) is 0 Å². The molecule has 0 N–H and O–H groups in total. The first kappa shape index (κ1) is 13.6. The van der Waals surface area contributed by atoms with Gasteiger partial charge in [0.1, 0.15) is 5.75 Å². The van der Waals surface area contributed by atoms with Crippen LogP contribution < -0.4 is 4.74 Å². The van der Waals surface area contributed by atoms with Gasteiger partial charge in [0, 0.05) is 21.7 Å². The van der Waals surface area contributed by atoms with Crippen molar-refractivity contribution in [2.75, 3.05) is 7.11 Å². The summed E-state index contributed by atoms with van der Waals surface area (Å²) in [7, 11) is 1.53. The summed E-state index contributed by atoms with van der Waals surface area (Å²) in [6.45, 7) is 0. The Morgan fingerprint density at radius 3 is 2.19 bits per heavy atom. The van der Waals surface area contributed by atoms with Crippen LogP contribution in [0.5, 0.6) is 5.75 Å². The van der Waals surface area contributed by atoms with Gasteiger partial charge in [-0.3, -0.25) is 9.59 Å². The van der Waals surface area contributed by atoms with Gasteiger partial charge >= 0.3 is 0 Å². The van der Waals surface area contributed by atoms with Crippen molar-refractivity contribution in [3.8, 4) is 5.75 Å². The Bertz CT molecular complexity index is 753. The van der Waals surface area contributed by atoms with E-state index in [0.29, 0.717) is 27.5 Å². The minimum absolute atomic E-state index is 0.136. The number of Topliss-reactive ketones (excluding diaryl/α,β-unsaturated/α-hetero) is 2. The van der Waals surface area contributed by atoms with E-state index in [1.165, 1.54) is 13.2 Å². The molecule has 0 aromatic heterocycles. The van der Waals surface area contributed by atoms with Crippen LogP contribution in [0.1, 0.15) is 26.3 Å². The monoisotopic (exact) mass is 298 g/mol. The number of methoxy groups -OCH3 is 1. The molecule has 0 bridgehead atoms. The van der Waals surface area contributed by atoms with E-state index in [1.807, 2.05) is 0 Å². The van der Waals surface area contributed by atoms with Gasteiger partial charge in [0.15, 0.2) is 11.6 Å². The molecular formula is C17H11ClO3. The Balaban J connectivity index is 2.13. The summed E-state index contributed by atoms with van der Waals surface area (Å²) < 4.78 is 5.23. The SMILES string of the molecule is COc1ccc(Cl)cc1C=C1C(=O)c2ccccc2C1=O. The lowest BCUT2D eigenvalue weighted by Crippen LogP contribution is -2.00. The molecule has 3 rings (SSSR count). The van der Waals surface area contributed by atoms with Crippen molar-refractivity contribution < 1.29 is 14.3 Å². The Hall–Kier alpha value is -2.39. The largest absolute Gasteiger partial charge is 0.496 e. The zero-order chi connectivity index (χ0) is 15.0. The van der Waals surface area contributed by atoms with Gasteiger partial charge in [-0.1, -0.05) is 35.9 Å². The number of fused-ring (bicyclic) bond motifs is 1. The molecule has 0 radical (unpaired) electrons. The number of ketones is 2. The van der Waals surface area contributed by atoms with Crippen LogP contribution in [0.2, 0.25) is 5.02 Å². The first-order valence-electron chi connectivity index (χ1n) is 6.35. The van der Waals surface area contributed by atoms with Gasteiger partial charge in [0.2, 0.25) is 0 Å². The molecule has 0 saturated heterocycles. The smallest absolute Gasteiger partial charge is 0.197 e. The molecule has 0 unspecified atom stereocenters. The van der Waals surface area contributed by atoms with Gasteiger partial charge in [-0.2, -0.15) is 0 Å². The van der Waals surface area contributed by atoms with Crippen LogP contribution in [0.3, 0.4) is 0 Å². The lowest BCUT2D eigenvalue weighted by Gasteiger charge is -2.05. The number of allylic oxidation sites excluding steroid dienone is 1. The summed E-state index contributed by atoms with van der Waals surface area (Å²) in [5, 5.41) is 0.512. The van der Waals surface area contributed by atoms with Gasteiger partial charge in [-0.05, 0) is 24.3 Å². The van der Waals surface area contributed by atoms with Crippen molar-refractivity contribution >= 4 is 29.2 Å². The van der Waals surface area contributed by atoms with Crippen LogP contribution >= 0.6 is 11.6 Å². The topological polar surface area (TPSA) is 43.4 Å². The summed E-state index contributed by atoms with van der Waals surface area (Å²) >= 11 is 5.97. The number of rotatable bonds is 2. The molecule has 4 heteroatoms. The Morgan fingerprint density at radius 1 is 1.00 bits per heavy atom. The van der Waals surface area contributed by atoms with Gasteiger partial charge in [0.25, 0.3) is 0 Å². The predicted octanol–water partition coefficient (Wildman–Crippen LogP) is 3.81. The van der Waals surface area contributed by atoms with E-state index in [0.717, 1.165) is 0 Å². The third-order valence-electron chi connectivity index (χ3n) is 3.40. The van der Waals surface area contributed by atoms with E-state index in [9.17, 15) is 9.59 Å². The van der Waals surface area contributed by atoms with Crippen molar-refractivity contribution in [1.29, 1.82) is 0 Å². The molecule has 3 nitrogen and oxygen atoms in total. The quantitative estimate of drug-likeness (QED) is 0.625. The van der Waals surface area contributed by atoms with Crippen molar-refractivity contribution in [2.24, 2.45) is 0 Å². The fourth-order valence-electron chi connectivity index (χ4n) is 2.38. The van der Waals surface area contributed by atoms with Gasteiger partial charge in [0.05, 0.1) is 12.7 Å². The lowest BCUT2D eigenvalue weighted by atomic mass is 10.1. The van der Waals surface area contributed by atoms with Crippen molar-refractivity contribution in [3.63, 3.8) is 0 Å². The highest BCUT2D eigenvalue weighted by Crippen LogP contribution is 2.31. The molecule has 0 atom stereocenters. The van der Waals surface area contributed by atoms with Gasteiger partial charge < -0.3 is 4.74 Å². The van der Waals surface area contributed by atoms with Crippen LogP contribution in [-0.2, 0) is 0 Å². The number of halogens is 1. The summed E-state index contributed by atoms with van der Waals surface area (Å²) in [6.07, 6.45) is 1.54. The highest BCUT2D eigenvalue weighted by atomic mass is 35.5. The fourth-order valence-corrected chi connectivity index (χ4v) is 2.56. The zero-order valence-corrected chi connectivity index (χ0v) is 12.0. The first-order valence-corrected chi connectivity index (χ1v) is 6.73. The molecule has 1 aliphatic carbocycles. The summed E-state index contributed by atoms with van der Waals surface area (Å²) in [6, 6.07) is 11.9. The Morgan fingerprint density at radius 2 is 1.62 bits per heavy atom. The number of ether oxygens (including phenoxy) is 1. The average Bonchev–Trinajstić information content (AvgIpc) is 2.73. The van der Waals surface area contributed by atoms with Crippen LogP contribution in [0.25, 0.3) is 6.08 Å². The molecule has 2 aromatic rings. The van der Waals surface area contributed by atoms with Crippen LogP contribution in [-0.4, -0.2) is 18.7 Å². The summed E-state index contributed by atoms with van der Waals surface area (Å²) in [5.74, 6) is 0.0266. The molecule has 104 valence electrons. The second-order valence-electron chi connectivity index (χ2n) is 4.65. The molecule has 21 heavy (non-hydrogen) atoms. The maximum absolute atomic E-state index is 12.3. The predicted molar refractivity (Wildman–Crippen MR) is 81.1 cm³/mol. The minimum Gasteiger partial charge on any atom is -0.496 e. The summed E-state index contributed by atoms with van der Waals surface area (Å²) in [4.78, 5) is 24.7. The first-order chi connectivity index (χ1) is 10.1. The standard InChI is InChI=1S/C17H11ClO3/c1-21-15-7-6-11(18)8-10(15)9-14-16(19)12-4-2-3-5-13(12)17(14)20/h2-9H,1H3. The van der Waals surface area contributed by atoms with Crippen LogP contribution in [0.4, 0.5) is 0 Å². The number of hydrogen-bond donors (Lipinski definition) is 0. The van der Waals surface area contributed by atoms with Crippen molar-refractivity contribution in [1.82, 2.24) is 0 Å². The zero-order valence-electron chi connectivity index (χ0n) is 11.2. The van der Waals surface area contributed by atoms with E-state index in [4.69, 9.17) is 16.3 Å². The third kappa shape index (κ3) is 2.26. The molecule has 0 aliphatic heterocycles. The van der Waals surface area contributed by atoms with E-state index in [1.54, 1.807) is 42.5 Å². The molecule has 0 heterocycles. The van der Waals surface area contributed by atoms with Gasteiger partial charge in [-0.15, -0.1) is 0 Å².